The zero-order valence-electron chi connectivity index (χ0n) is 10.0. The standard InChI is InChI=1S/C13H8FN3O3/c14-10-2-1-3-13(9(10)7-15)20-8-4-5-12(17(18)19)11(16)6-8/h1-6H,16H2. The first-order chi connectivity index (χ1) is 9.52. The van der Waals surface area contributed by atoms with Gasteiger partial charge in [-0.25, -0.2) is 4.39 Å². The Balaban J connectivity index is 2.37. The van der Waals surface area contributed by atoms with Crippen LogP contribution < -0.4 is 10.5 Å². The minimum absolute atomic E-state index is 0.0146. The molecule has 0 atom stereocenters. The summed E-state index contributed by atoms with van der Waals surface area (Å²) in [6.07, 6.45) is 0. The molecule has 0 aliphatic heterocycles. The van der Waals surface area contributed by atoms with Gasteiger partial charge in [0.05, 0.1) is 4.92 Å². The fourth-order valence-corrected chi connectivity index (χ4v) is 1.59. The number of nitrogen functional groups attached to an aromatic ring is 1. The van der Waals surface area contributed by atoms with E-state index in [1.54, 1.807) is 6.07 Å². The lowest BCUT2D eigenvalue weighted by Crippen LogP contribution is -1.97. The monoisotopic (exact) mass is 273 g/mol. The molecule has 0 aliphatic carbocycles. The van der Waals surface area contributed by atoms with Crippen molar-refractivity contribution in [3.8, 4) is 17.6 Å². The first-order valence-electron chi connectivity index (χ1n) is 5.43. The van der Waals surface area contributed by atoms with Gasteiger partial charge in [-0.05, 0) is 18.2 Å². The Kier molecular flexibility index (Phi) is 3.48. The molecule has 7 heteroatoms. The minimum Gasteiger partial charge on any atom is -0.456 e. The fraction of sp³-hybridized carbons (Fsp3) is 0. The number of anilines is 1. The van der Waals surface area contributed by atoms with Gasteiger partial charge in [-0.15, -0.1) is 0 Å². The highest BCUT2D eigenvalue weighted by Gasteiger charge is 2.14. The highest BCUT2D eigenvalue weighted by Crippen LogP contribution is 2.31. The van der Waals surface area contributed by atoms with Crippen LogP contribution in [0.25, 0.3) is 0 Å². The van der Waals surface area contributed by atoms with Gasteiger partial charge in [-0.1, -0.05) is 6.07 Å². The summed E-state index contributed by atoms with van der Waals surface area (Å²) >= 11 is 0. The van der Waals surface area contributed by atoms with E-state index in [1.165, 1.54) is 30.3 Å². The molecular formula is C13H8FN3O3. The van der Waals surface area contributed by atoms with Gasteiger partial charge in [-0.3, -0.25) is 10.1 Å². The van der Waals surface area contributed by atoms with Gasteiger partial charge in [-0.2, -0.15) is 5.26 Å². The molecule has 0 radical (unpaired) electrons. The average molecular weight is 273 g/mol. The van der Waals surface area contributed by atoms with Crippen LogP contribution >= 0.6 is 0 Å². The van der Waals surface area contributed by atoms with Gasteiger partial charge in [0, 0.05) is 12.1 Å². The molecule has 0 bridgehead atoms. The van der Waals surface area contributed by atoms with Gasteiger partial charge in [0.2, 0.25) is 0 Å². The summed E-state index contributed by atoms with van der Waals surface area (Å²) < 4.78 is 18.7. The number of nitro benzene ring substituents is 1. The van der Waals surface area contributed by atoms with Crippen LogP contribution in [0.15, 0.2) is 36.4 Å². The molecule has 6 nitrogen and oxygen atoms in total. The van der Waals surface area contributed by atoms with Crippen molar-refractivity contribution >= 4 is 11.4 Å². The van der Waals surface area contributed by atoms with Crippen molar-refractivity contribution in [2.24, 2.45) is 0 Å². The maximum absolute atomic E-state index is 13.4. The van der Waals surface area contributed by atoms with Gasteiger partial charge < -0.3 is 10.5 Å². The third kappa shape index (κ3) is 2.49. The molecule has 2 rings (SSSR count). The molecule has 0 fully saturated rings. The van der Waals surface area contributed by atoms with Crippen LogP contribution in [-0.4, -0.2) is 4.92 Å². The largest absolute Gasteiger partial charge is 0.456 e. The lowest BCUT2D eigenvalue weighted by atomic mass is 10.2. The maximum Gasteiger partial charge on any atom is 0.292 e. The number of hydrogen-bond acceptors (Lipinski definition) is 5. The predicted molar refractivity (Wildman–Crippen MR) is 68.7 cm³/mol. The fourth-order valence-electron chi connectivity index (χ4n) is 1.59. The molecule has 20 heavy (non-hydrogen) atoms. The molecule has 0 unspecified atom stereocenters. The molecule has 2 aromatic rings. The second-order valence-electron chi connectivity index (χ2n) is 3.80. The second kappa shape index (κ2) is 5.24. The number of nitrogens with zero attached hydrogens (tertiary/aromatic N) is 2. The molecular weight excluding hydrogens is 265 g/mol. The molecule has 0 spiro atoms. The van der Waals surface area contributed by atoms with E-state index in [0.717, 1.165) is 6.07 Å². The van der Waals surface area contributed by atoms with Crippen molar-refractivity contribution in [1.29, 1.82) is 5.26 Å². The quantitative estimate of drug-likeness (QED) is 0.526. The van der Waals surface area contributed by atoms with Crippen LogP contribution in [0.5, 0.6) is 11.5 Å². The van der Waals surface area contributed by atoms with Gasteiger partial charge in [0.25, 0.3) is 5.69 Å². The third-order valence-electron chi connectivity index (χ3n) is 2.51. The third-order valence-corrected chi connectivity index (χ3v) is 2.51. The number of nitro groups is 1. The summed E-state index contributed by atoms with van der Waals surface area (Å²) in [5, 5.41) is 19.5. The number of ether oxygens (including phenoxy) is 1. The average Bonchev–Trinajstić information content (AvgIpc) is 2.38. The van der Waals surface area contributed by atoms with Crippen LogP contribution in [0.1, 0.15) is 5.56 Å². The van der Waals surface area contributed by atoms with E-state index in [-0.39, 0.29) is 28.4 Å². The second-order valence-corrected chi connectivity index (χ2v) is 3.80. The van der Waals surface area contributed by atoms with Crippen LogP contribution in [0.2, 0.25) is 0 Å². The van der Waals surface area contributed by atoms with Crippen molar-refractivity contribution < 1.29 is 14.1 Å². The molecule has 0 aromatic heterocycles. The van der Waals surface area contributed by atoms with Gasteiger partial charge >= 0.3 is 0 Å². The Hall–Kier alpha value is -3.14. The van der Waals surface area contributed by atoms with E-state index in [4.69, 9.17) is 15.7 Å². The van der Waals surface area contributed by atoms with Crippen molar-refractivity contribution in [2.75, 3.05) is 5.73 Å². The molecule has 100 valence electrons. The number of benzene rings is 2. The van der Waals surface area contributed by atoms with Crippen LogP contribution in [0.4, 0.5) is 15.8 Å². The number of nitrogens with two attached hydrogens (primary N) is 1. The lowest BCUT2D eigenvalue weighted by Gasteiger charge is -2.08. The number of halogens is 1. The molecule has 0 saturated heterocycles. The predicted octanol–water partition coefficient (Wildman–Crippen LogP) is 2.98. The Bertz CT molecular complexity index is 725. The Morgan fingerprint density at radius 1 is 1.35 bits per heavy atom. The smallest absolute Gasteiger partial charge is 0.292 e. The van der Waals surface area contributed by atoms with Gasteiger partial charge in [0.1, 0.15) is 34.6 Å². The van der Waals surface area contributed by atoms with Crippen molar-refractivity contribution in [3.63, 3.8) is 0 Å². The minimum atomic E-state index is -0.708. The normalized spacial score (nSPS) is 9.80. The van der Waals surface area contributed by atoms with E-state index in [0.29, 0.717) is 0 Å². The summed E-state index contributed by atoms with van der Waals surface area (Å²) in [6, 6.07) is 9.37. The number of nitriles is 1. The molecule has 0 amide bonds. The molecule has 0 aliphatic rings. The first kappa shape index (κ1) is 13.3. The summed E-state index contributed by atoms with van der Waals surface area (Å²) in [5.74, 6) is -0.518. The van der Waals surface area contributed by atoms with E-state index < -0.39 is 10.7 Å². The Morgan fingerprint density at radius 3 is 2.70 bits per heavy atom. The Morgan fingerprint density at radius 2 is 2.10 bits per heavy atom. The summed E-state index contributed by atoms with van der Waals surface area (Å²) in [4.78, 5) is 10.0. The van der Waals surface area contributed by atoms with Crippen LogP contribution in [-0.2, 0) is 0 Å². The summed E-state index contributed by atoms with van der Waals surface area (Å²) in [5.41, 5.74) is 4.94. The SMILES string of the molecule is N#Cc1c(F)cccc1Oc1ccc([N+](=O)[O-])c(N)c1. The van der Waals surface area contributed by atoms with Crippen LogP contribution in [0, 0.1) is 27.3 Å². The van der Waals surface area contributed by atoms with Crippen molar-refractivity contribution in [1.82, 2.24) is 0 Å². The zero-order valence-corrected chi connectivity index (χ0v) is 10.0. The first-order valence-corrected chi connectivity index (χ1v) is 5.43. The number of hydrogen-bond donors (Lipinski definition) is 1. The van der Waals surface area contributed by atoms with Crippen molar-refractivity contribution in [3.05, 3.63) is 57.9 Å². The van der Waals surface area contributed by atoms with E-state index in [9.17, 15) is 14.5 Å². The molecule has 0 heterocycles. The summed E-state index contributed by atoms with van der Waals surface area (Å²) in [6.45, 7) is 0. The van der Waals surface area contributed by atoms with E-state index >= 15 is 0 Å². The topological polar surface area (TPSA) is 102 Å². The lowest BCUT2D eigenvalue weighted by molar-refractivity contribution is -0.383. The highest BCUT2D eigenvalue weighted by molar-refractivity contribution is 5.61. The van der Waals surface area contributed by atoms with E-state index in [1.807, 2.05) is 0 Å². The van der Waals surface area contributed by atoms with E-state index in [2.05, 4.69) is 0 Å². The van der Waals surface area contributed by atoms with Crippen molar-refractivity contribution in [2.45, 2.75) is 0 Å². The molecule has 2 N–H and O–H groups in total. The molecule has 0 saturated carbocycles. The van der Waals surface area contributed by atoms with Crippen LogP contribution in [0.3, 0.4) is 0 Å². The molecule has 2 aromatic carbocycles. The zero-order chi connectivity index (χ0) is 14.7. The summed E-state index contributed by atoms with van der Waals surface area (Å²) in [7, 11) is 0. The Labute approximate surface area is 113 Å². The number of rotatable bonds is 3. The maximum atomic E-state index is 13.4. The highest BCUT2D eigenvalue weighted by atomic mass is 19.1. The van der Waals surface area contributed by atoms with Gasteiger partial charge in [0.15, 0.2) is 0 Å².